The van der Waals surface area contributed by atoms with Gasteiger partial charge in [-0.05, 0) is 50.5 Å². The zero-order valence-corrected chi connectivity index (χ0v) is 15.7. The quantitative estimate of drug-likeness (QED) is 0.813. The van der Waals surface area contributed by atoms with E-state index in [2.05, 4.69) is 25.9 Å². The van der Waals surface area contributed by atoms with Crippen LogP contribution in [0.25, 0.3) is 11.0 Å². The van der Waals surface area contributed by atoms with Gasteiger partial charge in [-0.1, -0.05) is 0 Å². The zero-order chi connectivity index (χ0) is 18.2. The first-order valence-electron chi connectivity index (χ1n) is 7.30. The minimum atomic E-state index is -1.48. The first kappa shape index (κ1) is 18.2. The fourth-order valence-electron chi connectivity index (χ4n) is 2.15. The van der Waals surface area contributed by atoms with Crippen LogP contribution in [-0.4, -0.2) is 37.4 Å². The second kappa shape index (κ2) is 6.39. The van der Waals surface area contributed by atoms with Crippen LogP contribution in [0.4, 0.5) is 15.4 Å². The molecule has 130 valence electrons. The molecule has 0 bridgehead atoms. The normalized spacial score (nSPS) is 11.8. The van der Waals surface area contributed by atoms with Crippen molar-refractivity contribution in [2.45, 2.75) is 46.3 Å². The molecule has 0 fully saturated rings. The van der Waals surface area contributed by atoms with Gasteiger partial charge in [0.2, 0.25) is 0 Å². The minimum absolute atomic E-state index is 0.0481. The molecule has 0 aromatic carbocycles. The second-order valence-electron chi connectivity index (χ2n) is 6.47. The standard InChI is InChI=1S/C15H19BrN4O4/c1-8(2)19-6-9(16)10-11(19)17-7-18-12(10)20(13(21)22)14(23)24-15(3,4)5/h6-8H,1-5H3,(H,21,22). The minimum Gasteiger partial charge on any atom is -0.464 e. The van der Waals surface area contributed by atoms with Crippen molar-refractivity contribution in [1.29, 1.82) is 0 Å². The third-order valence-corrected chi connectivity index (χ3v) is 3.68. The number of fused-ring (bicyclic) bond motifs is 1. The van der Waals surface area contributed by atoms with Crippen LogP contribution in [-0.2, 0) is 4.74 Å². The van der Waals surface area contributed by atoms with E-state index in [0.717, 1.165) is 0 Å². The summed E-state index contributed by atoms with van der Waals surface area (Å²) in [6.07, 6.45) is 0.513. The van der Waals surface area contributed by atoms with Crippen molar-refractivity contribution < 1.29 is 19.4 Å². The van der Waals surface area contributed by atoms with Gasteiger partial charge >= 0.3 is 12.2 Å². The lowest BCUT2D eigenvalue weighted by Crippen LogP contribution is -2.40. The molecule has 0 saturated carbocycles. The number of rotatable bonds is 2. The fourth-order valence-corrected chi connectivity index (χ4v) is 2.73. The van der Waals surface area contributed by atoms with Crippen molar-refractivity contribution in [3.05, 3.63) is 17.0 Å². The van der Waals surface area contributed by atoms with E-state index in [0.29, 0.717) is 20.4 Å². The summed E-state index contributed by atoms with van der Waals surface area (Å²) < 4.78 is 7.64. The second-order valence-corrected chi connectivity index (χ2v) is 7.33. The molecule has 0 aliphatic heterocycles. The van der Waals surface area contributed by atoms with Gasteiger partial charge in [0.1, 0.15) is 17.6 Å². The fraction of sp³-hybridized carbons (Fsp3) is 0.467. The Morgan fingerprint density at radius 1 is 1.33 bits per heavy atom. The maximum Gasteiger partial charge on any atom is 0.425 e. The lowest BCUT2D eigenvalue weighted by Gasteiger charge is -2.24. The van der Waals surface area contributed by atoms with E-state index >= 15 is 0 Å². The Labute approximate surface area is 147 Å². The highest BCUT2D eigenvalue weighted by Crippen LogP contribution is 2.34. The van der Waals surface area contributed by atoms with Crippen molar-refractivity contribution in [2.24, 2.45) is 0 Å². The summed E-state index contributed by atoms with van der Waals surface area (Å²) in [5.41, 5.74) is -0.311. The van der Waals surface area contributed by atoms with Crippen molar-refractivity contribution >= 4 is 45.0 Å². The summed E-state index contributed by atoms with van der Waals surface area (Å²) in [7, 11) is 0. The lowest BCUT2D eigenvalue weighted by molar-refractivity contribution is 0.0581. The summed E-state index contributed by atoms with van der Waals surface area (Å²) in [5, 5.41) is 9.93. The molecule has 0 aliphatic carbocycles. The smallest absolute Gasteiger partial charge is 0.425 e. The lowest BCUT2D eigenvalue weighted by atomic mass is 10.2. The Morgan fingerprint density at radius 3 is 2.46 bits per heavy atom. The van der Waals surface area contributed by atoms with E-state index in [1.807, 2.05) is 18.4 Å². The number of hydrogen-bond acceptors (Lipinski definition) is 5. The van der Waals surface area contributed by atoms with Crippen molar-refractivity contribution in [2.75, 3.05) is 4.90 Å². The van der Waals surface area contributed by atoms with Crippen LogP contribution in [0.2, 0.25) is 0 Å². The highest BCUT2D eigenvalue weighted by atomic mass is 79.9. The van der Waals surface area contributed by atoms with Crippen molar-refractivity contribution in [3.63, 3.8) is 0 Å². The first-order chi connectivity index (χ1) is 11.0. The van der Waals surface area contributed by atoms with Gasteiger partial charge in [-0.15, -0.1) is 0 Å². The molecule has 2 aromatic rings. The van der Waals surface area contributed by atoms with Gasteiger partial charge in [0.25, 0.3) is 0 Å². The van der Waals surface area contributed by atoms with E-state index in [1.54, 1.807) is 27.0 Å². The number of imide groups is 1. The van der Waals surface area contributed by atoms with Gasteiger partial charge < -0.3 is 14.4 Å². The molecule has 0 aliphatic rings. The van der Waals surface area contributed by atoms with Gasteiger partial charge in [-0.25, -0.2) is 19.6 Å². The number of amides is 2. The monoisotopic (exact) mass is 398 g/mol. The third-order valence-electron chi connectivity index (χ3n) is 3.08. The first-order valence-corrected chi connectivity index (χ1v) is 8.09. The molecule has 24 heavy (non-hydrogen) atoms. The number of nitrogens with zero attached hydrogens (tertiary/aromatic N) is 4. The summed E-state index contributed by atoms with van der Waals surface area (Å²) in [6.45, 7) is 8.91. The molecule has 2 aromatic heterocycles. The molecular formula is C15H19BrN4O4. The predicted molar refractivity (Wildman–Crippen MR) is 92.4 cm³/mol. The summed E-state index contributed by atoms with van der Waals surface area (Å²) >= 11 is 3.39. The van der Waals surface area contributed by atoms with E-state index in [-0.39, 0.29) is 11.9 Å². The number of carboxylic acid groups (broad SMARTS) is 1. The molecule has 0 unspecified atom stereocenters. The van der Waals surface area contributed by atoms with Crippen LogP contribution >= 0.6 is 15.9 Å². The van der Waals surface area contributed by atoms with Crippen LogP contribution in [0.3, 0.4) is 0 Å². The van der Waals surface area contributed by atoms with Crippen molar-refractivity contribution in [3.8, 4) is 0 Å². The highest BCUT2D eigenvalue weighted by molar-refractivity contribution is 9.10. The number of ether oxygens (including phenoxy) is 1. The van der Waals surface area contributed by atoms with Crippen LogP contribution in [0.5, 0.6) is 0 Å². The number of hydrogen-bond donors (Lipinski definition) is 1. The summed E-state index contributed by atoms with van der Waals surface area (Å²) in [6, 6.07) is 0.0985. The maximum atomic E-state index is 12.3. The van der Waals surface area contributed by atoms with Gasteiger partial charge in [0, 0.05) is 16.7 Å². The Hall–Kier alpha value is -2.16. The number of anilines is 1. The van der Waals surface area contributed by atoms with Gasteiger partial charge in [-0.2, -0.15) is 4.90 Å². The Balaban J connectivity index is 2.64. The van der Waals surface area contributed by atoms with Gasteiger partial charge in [0.15, 0.2) is 5.82 Å². The molecule has 0 atom stereocenters. The van der Waals surface area contributed by atoms with E-state index in [4.69, 9.17) is 4.74 Å². The number of aromatic nitrogens is 3. The van der Waals surface area contributed by atoms with Crippen LogP contribution in [0, 0.1) is 0 Å². The number of carbonyl (C=O) groups is 2. The van der Waals surface area contributed by atoms with Crippen molar-refractivity contribution in [1.82, 2.24) is 14.5 Å². The van der Waals surface area contributed by atoms with E-state index < -0.39 is 17.8 Å². The van der Waals surface area contributed by atoms with Gasteiger partial charge in [0.05, 0.1) is 5.39 Å². The highest BCUT2D eigenvalue weighted by Gasteiger charge is 2.32. The molecule has 0 saturated heterocycles. The number of halogens is 1. The van der Waals surface area contributed by atoms with E-state index in [1.165, 1.54) is 6.33 Å². The molecule has 2 heterocycles. The molecule has 2 rings (SSSR count). The average molecular weight is 399 g/mol. The van der Waals surface area contributed by atoms with Crippen LogP contribution in [0.1, 0.15) is 40.7 Å². The predicted octanol–water partition coefficient (Wildman–Crippen LogP) is 4.19. The maximum absolute atomic E-state index is 12.3. The topological polar surface area (TPSA) is 97.5 Å². The Kier molecular flexibility index (Phi) is 4.84. The zero-order valence-electron chi connectivity index (χ0n) is 14.1. The van der Waals surface area contributed by atoms with Crippen LogP contribution in [0.15, 0.2) is 17.0 Å². The third kappa shape index (κ3) is 3.50. The Bertz CT molecular complexity index is 795. The molecule has 1 N–H and O–H groups in total. The van der Waals surface area contributed by atoms with Gasteiger partial charge in [-0.3, -0.25) is 0 Å². The summed E-state index contributed by atoms with van der Waals surface area (Å²) in [5.74, 6) is -0.0481. The molecule has 9 heteroatoms. The average Bonchev–Trinajstić information content (AvgIpc) is 2.75. The molecule has 8 nitrogen and oxygen atoms in total. The molecule has 2 amide bonds. The van der Waals surface area contributed by atoms with E-state index in [9.17, 15) is 14.7 Å². The number of carbonyl (C=O) groups excluding carboxylic acids is 1. The largest absolute Gasteiger partial charge is 0.464 e. The SMILES string of the molecule is CC(C)n1cc(Br)c2c(N(C(=O)O)C(=O)OC(C)(C)C)ncnc21. The molecule has 0 spiro atoms. The van der Waals surface area contributed by atoms with Crippen LogP contribution < -0.4 is 4.90 Å². The Morgan fingerprint density at radius 2 is 1.96 bits per heavy atom. The molecule has 0 radical (unpaired) electrons. The molecular weight excluding hydrogens is 380 g/mol. The summed E-state index contributed by atoms with van der Waals surface area (Å²) in [4.78, 5) is 32.7.